The number of methoxy groups -OCH3 is 1. The van der Waals surface area contributed by atoms with Crippen LogP contribution in [0.4, 0.5) is 18.0 Å². The predicted molar refractivity (Wildman–Crippen MR) is 197 cm³/mol. The molecule has 14 nitrogen and oxygen atoms in total. The van der Waals surface area contributed by atoms with Gasteiger partial charge in [0.1, 0.15) is 29.5 Å². The fraction of sp³-hybridized carbons (Fsp3) is 0.605. The molecule has 0 bridgehead atoms. The molecule has 1 aromatic heterocycles. The number of ether oxygens (including phenoxy) is 3. The summed E-state index contributed by atoms with van der Waals surface area (Å²) in [5.74, 6) is -2.82. The summed E-state index contributed by atoms with van der Waals surface area (Å²) in [6, 6.07) is 4.28. The van der Waals surface area contributed by atoms with Crippen molar-refractivity contribution in [2.45, 2.75) is 113 Å². The van der Waals surface area contributed by atoms with E-state index in [4.69, 9.17) is 14.2 Å². The lowest BCUT2D eigenvalue weighted by Gasteiger charge is -2.33. The molecular formula is C38H48F3N5O9S. The molecule has 2 aliphatic carbocycles. The number of aromatic nitrogens is 1. The number of nitrogens with one attached hydrogen (secondary N) is 3. The van der Waals surface area contributed by atoms with Crippen molar-refractivity contribution in [1.29, 1.82) is 0 Å². The molecule has 1 saturated heterocycles. The van der Waals surface area contributed by atoms with E-state index in [9.17, 15) is 40.8 Å². The average Bonchev–Trinajstić information content (AvgIpc) is 4.05. The summed E-state index contributed by atoms with van der Waals surface area (Å²) in [7, 11) is -2.45. The van der Waals surface area contributed by atoms with Crippen molar-refractivity contribution in [3.05, 3.63) is 42.6 Å². The number of benzene rings is 1. The van der Waals surface area contributed by atoms with Gasteiger partial charge in [0.05, 0.1) is 18.9 Å². The van der Waals surface area contributed by atoms with Gasteiger partial charge in [-0.25, -0.2) is 18.2 Å². The molecule has 3 fully saturated rings. The second-order valence-electron chi connectivity index (χ2n) is 15.9. The number of hydrogen-bond donors (Lipinski definition) is 3. The molecule has 4 amide bonds. The van der Waals surface area contributed by atoms with Gasteiger partial charge in [-0.1, -0.05) is 32.4 Å². The summed E-state index contributed by atoms with van der Waals surface area (Å²) in [5, 5.41) is 5.81. The average molecular weight is 808 g/mol. The van der Waals surface area contributed by atoms with Crippen molar-refractivity contribution in [1.82, 2.24) is 25.2 Å². The minimum Gasteiger partial charge on any atom is -0.497 e. The molecule has 3 N–H and O–H groups in total. The number of allylic oxidation sites excluding steroid dienone is 1. The first-order chi connectivity index (χ1) is 26.2. The molecule has 0 radical (unpaired) electrons. The summed E-state index contributed by atoms with van der Waals surface area (Å²) in [5.41, 5.74) is -4.50. The molecule has 0 spiro atoms. The quantitative estimate of drug-likeness (QED) is 0.321. The molecule has 6 rings (SSSR count). The van der Waals surface area contributed by atoms with Crippen molar-refractivity contribution in [2.24, 2.45) is 17.8 Å². The topological polar surface area (TPSA) is 182 Å². The third-order valence-corrected chi connectivity index (χ3v) is 13.0. The van der Waals surface area contributed by atoms with Crippen molar-refractivity contribution >= 4 is 44.6 Å². The lowest BCUT2D eigenvalue weighted by Crippen LogP contribution is -2.59. The Hall–Kier alpha value is -4.61. The largest absolute Gasteiger partial charge is 0.497 e. The highest BCUT2D eigenvalue weighted by atomic mass is 32.2. The van der Waals surface area contributed by atoms with E-state index < -0.39 is 86.4 Å². The van der Waals surface area contributed by atoms with Crippen LogP contribution in [0.1, 0.15) is 72.6 Å². The maximum absolute atomic E-state index is 14.6. The Labute approximate surface area is 323 Å². The van der Waals surface area contributed by atoms with Crippen molar-refractivity contribution in [3.63, 3.8) is 0 Å². The molecule has 2 aliphatic heterocycles. The Morgan fingerprint density at radius 1 is 1.05 bits per heavy atom. The summed E-state index contributed by atoms with van der Waals surface area (Å²) >= 11 is 0. The molecule has 56 heavy (non-hydrogen) atoms. The Bertz CT molecular complexity index is 2010. The second kappa shape index (κ2) is 15.4. The summed E-state index contributed by atoms with van der Waals surface area (Å²) < 4.78 is 85.4. The maximum atomic E-state index is 14.6. The number of alkyl carbamates (subject to hydrolysis) is 1. The SMILES string of the molecule is COc1ccc2c(O[C@@H]3C[C@H]4C(=O)N[C@]5(C(=O)NS(=O)(=O)C6CC6)C[C@H]5/C=C\[C@@H](C)CCC[C@@H](C)[C@H](NC(=O)OC(C)(C)C(F)(F)F)C(=O)N4C3)nccc2c1. The molecule has 4 aliphatic rings. The first kappa shape index (κ1) is 41.0. The van der Waals surface area contributed by atoms with Crippen LogP contribution in [0.5, 0.6) is 11.6 Å². The number of sulfonamides is 1. The second-order valence-corrected chi connectivity index (χ2v) is 17.9. The van der Waals surface area contributed by atoms with E-state index in [0.29, 0.717) is 57.1 Å². The van der Waals surface area contributed by atoms with Crippen LogP contribution in [-0.4, -0.2) is 96.5 Å². The van der Waals surface area contributed by atoms with E-state index in [0.717, 1.165) is 5.39 Å². The minimum absolute atomic E-state index is 0.0240. The highest BCUT2D eigenvalue weighted by molar-refractivity contribution is 7.91. The van der Waals surface area contributed by atoms with Crippen LogP contribution in [-0.2, 0) is 29.1 Å². The van der Waals surface area contributed by atoms with Gasteiger partial charge in [0.15, 0.2) is 0 Å². The molecule has 7 atom stereocenters. The van der Waals surface area contributed by atoms with Crippen LogP contribution in [0.15, 0.2) is 42.6 Å². The normalized spacial score (nSPS) is 29.5. The van der Waals surface area contributed by atoms with E-state index in [1.54, 1.807) is 37.3 Å². The number of rotatable bonds is 8. The van der Waals surface area contributed by atoms with Crippen molar-refractivity contribution in [2.75, 3.05) is 13.7 Å². The molecule has 18 heteroatoms. The van der Waals surface area contributed by atoms with Crippen LogP contribution < -0.4 is 24.8 Å². The Kier molecular flexibility index (Phi) is 11.3. The van der Waals surface area contributed by atoms with Gasteiger partial charge in [0.2, 0.25) is 33.3 Å². The third kappa shape index (κ3) is 8.69. The first-order valence-electron chi connectivity index (χ1n) is 18.8. The lowest BCUT2D eigenvalue weighted by atomic mass is 9.92. The Morgan fingerprint density at radius 3 is 2.46 bits per heavy atom. The molecular weight excluding hydrogens is 760 g/mol. The van der Waals surface area contributed by atoms with Crippen LogP contribution >= 0.6 is 0 Å². The zero-order chi connectivity index (χ0) is 40.8. The van der Waals surface area contributed by atoms with Gasteiger partial charge in [0.25, 0.3) is 5.91 Å². The van der Waals surface area contributed by atoms with E-state index in [-0.39, 0.29) is 31.2 Å². The zero-order valence-corrected chi connectivity index (χ0v) is 32.7. The van der Waals surface area contributed by atoms with E-state index >= 15 is 0 Å². The van der Waals surface area contributed by atoms with Crippen LogP contribution in [0.25, 0.3) is 10.8 Å². The predicted octanol–water partition coefficient (Wildman–Crippen LogP) is 4.52. The number of nitrogens with zero attached hydrogens (tertiary/aromatic N) is 2. The fourth-order valence-corrected chi connectivity index (χ4v) is 8.63. The van der Waals surface area contributed by atoms with Gasteiger partial charge in [-0.2, -0.15) is 13.2 Å². The number of fused-ring (bicyclic) bond motifs is 3. The van der Waals surface area contributed by atoms with E-state index in [1.807, 2.05) is 13.0 Å². The molecule has 3 heterocycles. The van der Waals surface area contributed by atoms with Crippen LogP contribution in [0.2, 0.25) is 0 Å². The number of carbonyl (C=O) groups is 4. The van der Waals surface area contributed by atoms with Crippen molar-refractivity contribution in [3.8, 4) is 11.6 Å². The maximum Gasteiger partial charge on any atom is 0.427 e. The number of hydrogen-bond acceptors (Lipinski definition) is 10. The number of halogens is 3. The van der Waals surface area contributed by atoms with Gasteiger partial charge in [0, 0.05) is 23.9 Å². The van der Waals surface area contributed by atoms with Gasteiger partial charge in [-0.05, 0) is 87.4 Å². The number of pyridine rings is 1. The van der Waals surface area contributed by atoms with E-state index in [2.05, 4.69) is 20.3 Å². The van der Waals surface area contributed by atoms with E-state index in [1.165, 1.54) is 18.2 Å². The summed E-state index contributed by atoms with van der Waals surface area (Å²) in [6.45, 7) is 4.80. The first-order valence-corrected chi connectivity index (χ1v) is 20.3. The summed E-state index contributed by atoms with van der Waals surface area (Å²) in [6.07, 6.45) is 0.374. The molecule has 2 saturated carbocycles. The van der Waals surface area contributed by atoms with Crippen LogP contribution in [0.3, 0.4) is 0 Å². The lowest BCUT2D eigenvalue weighted by molar-refractivity contribution is -0.244. The molecule has 306 valence electrons. The highest BCUT2D eigenvalue weighted by Gasteiger charge is 2.62. The van der Waals surface area contributed by atoms with Gasteiger partial charge < -0.3 is 29.7 Å². The number of alkyl halides is 3. The minimum atomic E-state index is -4.91. The smallest absolute Gasteiger partial charge is 0.427 e. The van der Waals surface area contributed by atoms with Crippen LogP contribution in [0, 0.1) is 17.8 Å². The zero-order valence-electron chi connectivity index (χ0n) is 31.9. The standard InChI is InChI=1S/C38H48F3N5O9S/c1-21-7-6-8-22(2)30(43-35(50)55-36(3,4)38(39,40)41)33(48)46-20-26(54-32-28-14-11-25(53-5)17-23(28)15-16-42-32)18-29(46)31(47)44-37(19-24(37)10-9-21)34(49)45-56(51,52)27-12-13-27/h9-11,14-17,21-22,24,26-27,29-30H,6-8,12-13,18-20H2,1-5H3,(H,43,50)(H,44,47)(H,45,49)/b10-9-/t21-,22+,24+,26+,29-,30-,37+/m0/s1. The molecule has 2 aromatic rings. The highest BCUT2D eigenvalue weighted by Crippen LogP contribution is 2.46. The van der Waals surface area contributed by atoms with Gasteiger partial charge >= 0.3 is 12.3 Å². The Morgan fingerprint density at radius 2 is 1.79 bits per heavy atom. The van der Waals surface area contributed by atoms with Gasteiger partial charge in [-0.3, -0.25) is 19.1 Å². The van der Waals surface area contributed by atoms with Crippen molar-refractivity contribution < 1.29 is 55.0 Å². The Balaban J connectivity index is 1.34. The number of carbonyl (C=O) groups excluding carboxylic acids is 4. The molecule has 1 aromatic carbocycles. The number of amides is 4. The van der Waals surface area contributed by atoms with Gasteiger partial charge in [-0.15, -0.1) is 0 Å². The third-order valence-electron chi connectivity index (χ3n) is 11.2. The fourth-order valence-electron chi connectivity index (χ4n) is 7.27. The summed E-state index contributed by atoms with van der Waals surface area (Å²) in [4.78, 5) is 61.5. The molecule has 0 unspecified atom stereocenters. The monoisotopic (exact) mass is 807 g/mol.